The second-order valence-electron chi connectivity index (χ2n) is 12.0. The van der Waals surface area contributed by atoms with Gasteiger partial charge >= 0.3 is 34.2 Å². The molecule has 0 radical (unpaired) electrons. The van der Waals surface area contributed by atoms with E-state index in [1.807, 2.05) is 0 Å². The van der Waals surface area contributed by atoms with Crippen LogP contribution in [0.4, 0.5) is 0 Å². The Labute approximate surface area is 211 Å². The summed E-state index contributed by atoms with van der Waals surface area (Å²) >= 11 is 7.06. The van der Waals surface area contributed by atoms with Crippen LogP contribution in [0.3, 0.4) is 0 Å². The standard InChI is InChI=1S/C20H53ClO5Si6/c1-16-17-18-27(6,7)22-28(8,9)23-29(10,11)24-30(12,13)25-31(14,15)26-32(21,19(2)3)20(4)5/h19-20H,16-18H2,1-15H3. The van der Waals surface area contributed by atoms with Gasteiger partial charge in [-0.05, 0) is 82.6 Å². The molecule has 194 valence electrons. The molecular formula is C20H53ClO5Si6. The molecular weight excluding hydrogens is 524 g/mol. The van der Waals surface area contributed by atoms with E-state index in [0.29, 0.717) is 11.1 Å². The van der Waals surface area contributed by atoms with Gasteiger partial charge in [0.05, 0.1) is 0 Å². The molecule has 0 aromatic rings. The summed E-state index contributed by atoms with van der Waals surface area (Å²) in [6.07, 6.45) is 2.41. The Morgan fingerprint density at radius 2 is 0.875 bits per heavy atom. The minimum Gasteiger partial charge on any atom is -0.436 e. The summed E-state index contributed by atoms with van der Waals surface area (Å²) in [6.45, 7) is 32.4. The van der Waals surface area contributed by atoms with Crippen molar-refractivity contribution in [1.29, 1.82) is 0 Å². The lowest BCUT2D eigenvalue weighted by Gasteiger charge is -2.44. The van der Waals surface area contributed by atoms with Crippen molar-refractivity contribution in [1.82, 2.24) is 0 Å². The fourth-order valence-electron chi connectivity index (χ4n) is 4.46. The molecule has 0 aliphatic rings. The van der Waals surface area contributed by atoms with Gasteiger partial charge in [-0.25, -0.2) is 0 Å². The molecule has 0 unspecified atom stereocenters. The van der Waals surface area contributed by atoms with Gasteiger partial charge in [0, 0.05) is 0 Å². The molecule has 0 bridgehead atoms. The average Bonchev–Trinajstić information content (AvgIpc) is 2.46. The largest absolute Gasteiger partial charge is 0.436 e. The molecule has 5 nitrogen and oxygen atoms in total. The molecule has 0 spiro atoms. The van der Waals surface area contributed by atoms with Crippen molar-refractivity contribution in [2.24, 2.45) is 0 Å². The summed E-state index contributed by atoms with van der Waals surface area (Å²) in [4.78, 5) is 0. The molecule has 0 fully saturated rings. The van der Waals surface area contributed by atoms with Crippen LogP contribution in [-0.4, -0.2) is 50.2 Å². The Bertz CT molecular complexity index is 577. The van der Waals surface area contributed by atoms with Crippen molar-refractivity contribution in [3.05, 3.63) is 0 Å². The second-order valence-corrected chi connectivity index (χ2v) is 36.8. The molecule has 0 aromatic carbocycles. The predicted molar refractivity (Wildman–Crippen MR) is 154 cm³/mol. The summed E-state index contributed by atoms with van der Waals surface area (Å²) in [5.74, 6) is 0. The lowest BCUT2D eigenvalue weighted by atomic mass is 10.4. The van der Waals surface area contributed by atoms with E-state index in [1.54, 1.807) is 0 Å². The van der Waals surface area contributed by atoms with Crippen molar-refractivity contribution >= 4 is 61.3 Å². The highest BCUT2D eigenvalue weighted by molar-refractivity contribution is 7.20. The third kappa shape index (κ3) is 12.4. The number of hydrogen-bond donors (Lipinski definition) is 0. The molecule has 0 heterocycles. The Morgan fingerprint density at radius 1 is 0.562 bits per heavy atom. The van der Waals surface area contributed by atoms with Gasteiger partial charge in [-0.1, -0.05) is 47.5 Å². The van der Waals surface area contributed by atoms with Crippen molar-refractivity contribution < 1.29 is 20.6 Å². The van der Waals surface area contributed by atoms with E-state index in [4.69, 9.17) is 31.7 Å². The molecule has 12 heteroatoms. The Hall–Kier alpha value is 1.39. The van der Waals surface area contributed by atoms with Gasteiger partial charge in [0.1, 0.15) is 0 Å². The van der Waals surface area contributed by atoms with Crippen LogP contribution in [0.5, 0.6) is 0 Å². The van der Waals surface area contributed by atoms with Gasteiger partial charge in [-0.3, -0.25) is 0 Å². The Kier molecular flexibility index (Phi) is 12.6. The fourth-order valence-corrected chi connectivity index (χ4v) is 35.7. The van der Waals surface area contributed by atoms with Crippen LogP contribution in [0.2, 0.25) is 82.6 Å². The van der Waals surface area contributed by atoms with E-state index < -0.39 is 50.2 Å². The SMILES string of the molecule is CCCC[Si](C)(C)O[Si](C)(C)O[Si](C)(C)O[Si](C)(C)O[Si](C)(C)O[Si](Cl)(C(C)C)C(C)C. The number of unbranched alkanes of at least 4 members (excludes halogenated alkanes) is 1. The van der Waals surface area contributed by atoms with Crippen LogP contribution in [-0.2, 0) is 20.6 Å². The van der Waals surface area contributed by atoms with Crippen LogP contribution in [0.15, 0.2) is 0 Å². The van der Waals surface area contributed by atoms with Crippen LogP contribution in [0.1, 0.15) is 47.5 Å². The van der Waals surface area contributed by atoms with Crippen LogP contribution < -0.4 is 0 Å². The van der Waals surface area contributed by atoms with E-state index in [9.17, 15) is 0 Å². The predicted octanol–water partition coefficient (Wildman–Crippen LogP) is 8.38. The van der Waals surface area contributed by atoms with Crippen molar-refractivity contribution in [2.75, 3.05) is 0 Å². The van der Waals surface area contributed by atoms with Gasteiger partial charge in [-0.2, -0.15) is 0 Å². The fraction of sp³-hybridized carbons (Fsp3) is 1.00. The van der Waals surface area contributed by atoms with E-state index >= 15 is 0 Å². The maximum absolute atomic E-state index is 7.06. The van der Waals surface area contributed by atoms with E-state index in [1.165, 1.54) is 18.9 Å². The number of halogens is 1. The van der Waals surface area contributed by atoms with Crippen LogP contribution >= 0.6 is 11.1 Å². The van der Waals surface area contributed by atoms with Gasteiger partial charge < -0.3 is 20.6 Å². The first-order valence-electron chi connectivity index (χ1n) is 12.2. The topological polar surface area (TPSA) is 46.2 Å². The normalized spacial score (nSPS) is 15.2. The summed E-state index contributed by atoms with van der Waals surface area (Å²) in [5.41, 5.74) is 0.618. The summed E-state index contributed by atoms with van der Waals surface area (Å²) in [7, 11) is -14.0. The van der Waals surface area contributed by atoms with E-state index in [2.05, 4.69) is 100 Å². The highest BCUT2D eigenvalue weighted by Gasteiger charge is 2.50. The maximum atomic E-state index is 7.06. The Morgan fingerprint density at radius 3 is 1.19 bits per heavy atom. The lowest BCUT2D eigenvalue weighted by molar-refractivity contribution is 0.280. The van der Waals surface area contributed by atoms with Crippen molar-refractivity contribution in [2.45, 2.75) is 130 Å². The molecule has 0 amide bonds. The molecule has 0 N–H and O–H groups in total. The van der Waals surface area contributed by atoms with Gasteiger partial charge in [0.15, 0.2) is 8.32 Å². The Balaban J connectivity index is 5.30. The minimum atomic E-state index is -2.51. The zero-order valence-corrected chi connectivity index (χ0v) is 30.5. The molecule has 0 rings (SSSR count). The van der Waals surface area contributed by atoms with Crippen LogP contribution in [0, 0.1) is 0 Å². The second kappa shape index (κ2) is 12.1. The quantitative estimate of drug-likeness (QED) is 0.145. The first-order chi connectivity index (χ1) is 14.0. The highest BCUT2D eigenvalue weighted by Crippen LogP contribution is 2.40. The van der Waals surface area contributed by atoms with Gasteiger partial charge in [-0.15, -0.1) is 11.1 Å². The monoisotopic (exact) mass is 576 g/mol. The van der Waals surface area contributed by atoms with Crippen molar-refractivity contribution in [3.8, 4) is 0 Å². The van der Waals surface area contributed by atoms with Gasteiger partial charge in [0.25, 0.3) is 7.63 Å². The zero-order chi connectivity index (χ0) is 25.8. The summed E-state index contributed by atoms with van der Waals surface area (Å²) in [5, 5.41) is 0. The minimum absolute atomic E-state index is 0.309. The first kappa shape index (κ1) is 33.4. The molecule has 0 saturated carbocycles. The summed E-state index contributed by atoms with van der Waals surface area (Å²) in [6, 6.07) is 1.17. The highest BCUT2D eigenvalue weighted by atomic mass is 35.6. The molecule has 0 aliphatic carbocycles. The maximum Gasteiger partial charge on any atom is 0.314 e. The van der Waals surface area contributed by atoms with Gasteiger partial charge in [0.2, 0.25) is 0 Å². The third-order valence-electron chi connectivity index (χ3n) is 5.11. The number of rotatable bonds is 15. The molecule has 0 aliphatic heterocycles. The summed E-state index contributed by atoms with van der Waals surface area (Å²) < 4.78 is 33.3. The van der Waals surface area contributed by atoms with E-state index in [-0.39, 0.29) is 0 Å². The molecule has 32 heavy (non-hydrogen) atoms. The lowest BCUT2D eigenvalue weighted by Crippen LogP contribution is -2.60. The smallest absolute Gasteiger partial charge is 0.314 e. The van der Waals surface area contributed by atoms with Crippen LogP contribution in [0.25, 0.3) is 0 Å². The zero-order valence-electron chi connectivity index (χ0n) is 23.7. The number of hydrogen-bond acceptors (Lipinski definition) is 5. The average molecular weight is 578 g/mol. The molecule has 0 aromatic heterocycles. The third-order valence-corrected chi connectivity index (χ3v) is 32.3. The first-order valence-corrected chi connectivity index (χ1v) is 29.6. The van der Waals surface area contributed by atoms with E-state index in [0.717, 1.165) is 0 Å². The molecule has 0 saturated heterocycles. The van der Waals surface area contributed by atoms with Crippen molar-refractivity contribution in [3.63, 3.8) is 0 Å². The molecule has 0 atom stereocenters.